The third kappa shape index (κ3) is 2.49. The Balaban J connectivity index is 2.43. The molecule has 2 aromatic heterocycles. The molecule has 0 N–H and O–H groups in total. The molecule has 0 amide bonds. The third-order valence-corrected chi connectivity index (χ3v) is 3.11. The van der Waals surface area contributed by atoms with Gasteiger partial charge in [-0.05, 0) is 34.7 Å². The van der Waals surface area contributed by atoms with Gasteiger partial charge in [0.05, 0.1) is 9.77 Å². The average Bonchev–Trinajstić information content (AvgIpc) is 2.71. The highest BCUT2D eigenvalue weighted by Gasteiger charge is 2.10. The van der Waals surface area contributed by atoms with E-state index in [9.17, 15) is 4.79 Å². The molecular weight excluding hydrogens is 329 g/mol. The molecule has 5 heteroatoms. The summed E-state index contributed by atoms with van der Waals surface area (Å²) in [7, 11) is 3.75. The van der Waals surface area contributed by atoms with E-state index in [-0.39, 0.29) is 5.78 Å². The summed E-state index contributed by atoms with van der Waals surface area (Å²) in [6.45, 7) is 0. The Bertz CT molecular complexity index is 586. The zero-order valence-electron chi connectivity index (χ0n) is 9.59. The second kappa shape index (κ2) is 4.87. The normalized spacial score (nSPS) is 11.2. The van der Waals surface area contributed by atoms with Crippen LogP contribution < -0.4 is 0 Å². The lowest BCUT2D eigenvalue weighted by Crippen LogP contribution is -2.05. The second-order valence-electron chi connectivity index (χ2n) is 3.84. The molecular formula is C12H12IN3O. The predicted octanol–water partition coefficient (Wildman–Crippen LogP) is 2.20. The highest BCUT2D eigenvalue weighted by molar-refractivity contribution is 14.1. The smallest absolute Gasteiger partial charge is 0.205 e. The summed E-state index contributed by atoms with van der Waals surface area (Å²) in [6, 6.07) is 3.87. The van der Waals surface area contributed by atoms with Crippen molar-refractivity contribution in [3.63, 3.8) is 0 Å². The quantitative estimate of drug-likeness (QED) is 0.488. The summed E-state index contributed by atoms with van der Waals surface area (Å²) in [6.07, 6.45) is 6.74. The van der Waals surface area contributed by atoms with E-state index in [1.807, 2.05) is 41.7 Å². The van der Waals surface area contributed by atoms with Gasteiger partial charge in [0.25, 0.3) is 0 Å². The number of hydrogen-bond acceptors (Lipinski definition) is 3. The van der Waals surface area contributed by atoms with Gasteiger partial charge in [0.15, 0.2) is 5.65 Å². The van der Waals surface area contributed by atoms with Gasteiger partial charge in [-0.1, -0.05) is 0 Å². The van der Waals surface area contributed by atoms with Crippen molar-refractivity contribution in [1.82, 2.24) is 14.3 Å². The van der Waals surface area contributed by atoms with Gasteiger partial charge in [0, 0.05) is 32.6 Å². The molecule has 0 radical (unpaired) electrons. The Morgan fingerprint density at radius 3 is 3.00 bits per heavy atom. The van der Waals surface area contributed by atoms with Gasteiger partial charge in [-0.2, -0.15) is 0 Å². The molecule has 0 spiro atoms. The predicted molar refractivity (Wildman–Crippen MR) is 75.1 cm³/mol. The Labute approximate surface area is 113 Å². The summed E-state index contributed by atoms with van der Waals surface area (Å²) in [5.41, 5.74) is 1.39. The van der Waals surface area contributed by atoms with Crippen LogP contribution in [-0.2, 0) is 0 Å². The first kappa shape index (κ1) is 12.1. The maximum atomic E-state index is 12.0. The number of carbonyl (C=O) groups excluding carboxylic acids is 1. The van der Waals surface area contributed by atoms with E-state index in [1.54, 1.807) is 18.5 Å². The van der Waals surface area contributed by atoms with Crippen molar-refractivity contribution in [2.75, 3.05) is 14.1 Å². The molecule has 4 nitrogen and oxygen atoms in total. The number of fused-ring (bicyclic) bond motifs is 1. The topological polar surface area (TPSA) is 37.6 Å². The van der Waals surface area contributed by atoms with Crippen molar-refractivity contribution in [3.05, 3.63) is 46.1 Å². The highest BCUT2D eigenvalue weighted by Crippen LogP contribution is 2.14. The lowest BCUT2D eigenvalue weighted by Gasteiger charge is -2.03. The lowest BCUT2D eigenvalue weighted by molar-refractivity contribution is 0.104. The Hall–Kier alpha value is -1.37. The van der Waals surface area contributed by atoms with Gasteiger partial charge < -0.3 is 4.90 Å². The minimum absolute atomic E-state index is 0.0480. The number of pyridine rings is 1. The van der Waals surface area contributed by atoms with E-state index in [2.05, 4.69) is 27.6 Å². The van der Waals surface area contributed by atoms with E-state index in [4.69, 9.17) is 0 Å². The first-order valence-corrected chi connectivity index (χ1v) is 6.18. The van der Waals surface area contributed by atoms with Gasteiger partial charge in [0.2, 0.25) is 5.78 Å². The molecule has 0 fully saturated rings. The van der Waals surface area contributed by atoms with Crippen molar-refractivity contribution < 1.29 is 4.79 Å². The van der Waals surface area contributed by atoms with Crippen molar-refractivity contribution in [3.8, 4) is 0 Å². The molecule has 2 aromatic rings. The summed E-state index contributed by atoms with van der Waals surface area (Å²) in [5.74, 6) is -0.0480. The van der Waals surface area contributed by atoms with Crippen LogP contribution >= 0.6 is 22.6 Å². The molecule has 0 atom stereocenters. The monoisotopic (exact) mass is 341 g/mol. The number of rotatable bonds is 3. The van der Waals surface area contributed by atoms with E-state index in [0.29, 0.717) is 5.69 Å². The molecule has 2 heterocycles. The molecule has 0 aromatic carbocycles. The van der Waals surface area contributed by atoms with Crippen molar-refractivity contribution in [1.29, 1.82) is 0 Å². The highest BCUT2D eigenvalue weighted by atomic mass is 127. The molecule has 0 aliphatic carbocycles. The van der Waals surface area contributed by atoms with Gasteiger partial charge in [0.1, 0.15) is 5.69 Å². The number of aromatic nitrogens is 2. The summed E-state index contributed by atoms with van der Waals surface area (Å²) in [4.78, 5) is 18.0. The van der Waals surface area contributed by atoms with E-state index in [1.165, 1.54) is 0 Å². The van der Waals surface area contributed by atoms with Crippen molar-refractivity contribution >= 4 is 34.0 Å². The van der Waals surface area contributed by atoms with Gasteiger partial charge >= 0.3 is 0 Å². The molecule has 0 bridgehead atoms. The van der Waals surface area contributed by atoms with Crippen LogP contribution in [0.4, 0.5) is 0 Å². The van der Waals surface area contributed by atoms with Crippen LogP contribution in [0.3, 0.4) is 0 Å². The van der Waals surface area contributed by atoms with Crippen LogP contribution in [0.1, 0.15) is 10.5 Å². The molecule has 2 rings (SSSR count). The Kier molecular flexibility index (Phi) is 3.46. The number of imidazole rings is 1. The van der Waals surface area contributed by atoms with Crippen LogP contribution in [0.15, 0.2) is 36.8 Å². The largest absolute Gasteiger partial charge is 0.383 e. The fourth-order valence-corrected chi connectivity index (χ4v) is 2.07. The van der Waals surface area contributed by atoms with E-state index >= 15 is 0 Å². The summed E-state index contributed by atoms with van der Waals surface area (Å²) >= 11 is 2.21. The van der Waals surface area contributed by atoms with Crippen molar-refractivity contribution in [2.24, 2.45) is 0 Å². The maximum absolute atomic E-state index is 12.0. The SMILES string of the molecule is CN(C)C=CC(=O)c1cnc2c(I)cccn12. The Morgan fingerprint density at radius 1 is 1.53 bits per heavy atom. The molecule has 88 valence electrons. The molecule has 0 aliphatic rings. The molecule has 0 saturated heterocycles. The van der Waals surface area contributed by atoms with E-state index in [0.717, 1.165) is 9.22 Å². The van der Waals surface area contributed by atoms with Gasteiger partial charge in [-0.25, -0.2) is 4.98 Å². The molecule has 0 unspecified atom stereocenters. The third-order valence-electron chi connectivity index (χ3n) is 2.26. The Morgan fingerprint density at radius 2 is 2.29 bits per heavy atom. The minimum atomic E-state index is -0.0480. The van der Waals surface area contributed by atoms with E-state index < -0.39 is 0 Å². The zero-order chi connectivity index (χ0) is 12.4. The first-order chi connectivity index (χ1) is 8.09. The minimum Gasteiger partial charge on any atom is -0.383 e. The van der Waals surface area contributed by atoms with Gasteiger partial charge in [-0.3, -0.25) is 9.20 Å². The second-order valence-corrected chi connectivity index (χ2v) is 5.00. The molecule has 0 saturated carbocycles. The molecule has 0 aliphatic heterocycles. The van der Waals surface area contributed by atoms with Crippen molar-refractivity contribution in [2.45, 2.75) is 0 Å². The van der Waals surface area contributed by atoms with Crippen LogP contribution in [0, 0.1) is 3.57 Å². The fourth-order valence-electron chi connectivity index (χ4n) is 1.46. The number of carbonyl (C=O) groups is 1. The summed E-state index contributed by atoms with van der Waals surface area (Å²) in [5, 5.41) is 0. The first-order valence-electron chi connectivity index (χ1n) is 5.10. The zero-order valence-corrected chi connectivity index (χ0v) is 11.7. The lowest BCUT2D eigenvalue weighted by atomic mass is 10.3. The fraction of sp³-hybridized carbons (Fsp3) is 0.167. The van der Waals surface area contributed by atoms with Crippen LogP contribution in [-0.4, -0.2) is 34.2 Å². The number of hydrogen-bond donors (Lipinski definition) is 0. The molecule has 17 heavy (non-hydrogen) atoms. The maximum Gasteiger partial charge on any atom is 0.205 e. The van der Waals surface area contributed by atoms with Crippen LogP contribution in [0.5, 0.6) is 0 Å². The van der Waals surface area contributed by atoms with Crippen LogP contribution in [0.2, 0.25) is 0 Å². The number of nitrogens with zero attached hydrogens (tertiary/aromatic N) is 3. The van der Waals surface area contributed by atoms with Gasteiger partial charge in [-0.15, -0.1) is 0 Å². The van der Waals surface area contributed by atoms with Crippen LogP contribution in [0.25, 0.3) is 5.65 Å². The number of allylic oxidation sites excluding steroid dienone is 1. The average molecular weight is 341 g/mol. The number of ketones is 1. The summed E-state index contributed by atoms with van der Waals surface area (Å²) < 4.78 is 2.84. The number of halogens is 1. The standard InChI is InChI=1S/C12H12IN3O/c1-15(2)7-5-11(17)10-8-14-12-9(13)4-3-6-16(10)12/h3-8H,1-2H3.